The molecule has 10 rings (SSSR count). The summed E-state index contributed by atoms with van der Waals surface area (Å²) in [6, 6.07) is 51.6. The van der Waals surface area contributed by atoms with E-state index in [1.54, 1.807) is 0 Å². The van der Waals surface area contributed by atoms with E-state index in [9.17, 15) is 0 Å². The smallest absolute Gasteiger partial charge is 0.164 e. The average molecular weight is 616 g/mol. The van der Waals surface area contributed by atoms with Crippen molar-refractivity contribution in [3.63, 3.8) is 0 Å². The van der Waals surface area contributed by atoms with Crippen LogP contribution in [-0.4, -0.2) is 15.0 Å². The van der Waals surface area contributed by atoms with Crippen molar-refractivity contribution in [2.75, 3.05) is 0 Å². The molecule has 3 aromatic heterocycles. The van der Waals surface area contributed by atoms with Crippen LogP contribution in [0.25, 0.3) is 99.9 Å². The summed E-state index contributed by atoms with van der Waals surface area (Å²) < 4.78 is 12.8. The first-order chi connectivity index (χ1) is 23.8. The second-order valence-electron chi connectivity index (χ2n) is 12.0. The molecule has 0 aliphatic rings. The van der Waals surface area contributed by atoms with Gasteiger partial charge in [0.2, 0.25) is 0 Å². The van der Waals surface area contributed by atoms with Gasteiger partial charge in [-0.05, 0) is 58.3 Å². The number of furan rings is 2. The highest BCUT2D eigenvalue weighted by Gasteiger charge is 2.18. The Bertz CT molecular complexity index is 2780. The van der Waals surface area contributed by atoms with Gasteiger partial charge in [-0.2, -0.15) is 0 Å². The van der Waals surface area contributed by atoms with Crippen LogP contribution in [0.4, 0.5) is 0 Å². The van der Waals surface area contributed by atoms with Crippen LogP contribution < -0.4 is 0 Å². The highest BCUT2D eigenvalue weighted by Crippen LogP contribution is 2.41. The molecule has 0 saturated carbocycles. The predicted molar refractivity (Wildman–Crippen MR) is 194 cm³/mol. The van der Waals surface area contributed by atoms with E-state index in [-0.39, 0.29) is 0 Å². The van der Waals surface area contributed by atoms with Gasteiger partial charge >= 0.3 is 0 Å². The molecule has 5 heteroatoms. The molecule has 0 radical (unpaired) electrons. The lowest BCUT2D eigenvalue weighted by Gasteiger charge is -2.08. The fraction of sp³-hybridized carbons (Fsp3) is 0. The summed E-state index contributed by atoms with van der Waals surface area (Å²) in [5, 5.41) is 6.73. The summed E-state index contributed by atoms with van der Waals surface area (Å²) >= 11 is 0. The third-order valence-corrected chi connectivity index (χ3v) is 9.13. The van der Waals surface area contributed by atoms with E-state index in [0.29, 0.717) is 17.5 Å². The van der Waals surface area contributed by atoms with Crippen molar-refractivity contribution in [3.05, 3.63) is 152 Å². The van der Waals surface area contributed by atoms with Gasteiger partial charge in [0.1, 0.15) is 22.3 Å². The molecule has 0 aliphatic carbocycles. The number of hydrogen-bond acceptors (Lipinski definition) is 5. The zero-order valence-corrected chi connectivity index (χ0v) is 25.6. The maximum absolute atomic E-state index is 6.52. The van der Waals surface area contributed by atoms with Crippen LogP contribution in [0.3, 0.4) is 0 Å². The van der Waals surface area contributed by atoms with Gasteiger partial charge in [0.15, 0.2) is 17.5 Å². The van der Waals surface area contributed by atoms with Crippen LogP contribution >= 0.6 is 0 Å². The first-order valence-electron chi connectivity index (χ1n) is 15.9. The molecule has 48 heavy (non-hydrogen) atoms. The second kappa shape index (κ2) is 10.5. The number of aromatic nitrogens is 3. The minimum atomic E-state index is 0.592. The fourth-order valence-corrected chi connectivity index (χ4v) is 6.86. The van der Waals surface area contributed by atoms with Gasteiger partial charge in [-0.15, -0.1) is 0 Å². The molecule has 0 bridgehead atoms. The monoisotopic (exact) mass is 615 g/mol. The van der Waals surface area contributed by atoms with E-state index < -0.39 is 0 Å². The summed E-state index contributed by atoms with van der Waals surface area (Å²) in [5.74, 6) is 1.84. The molecule has 0 aliphatic heterocycles. The lowest BCUT2D eigenvalue weighted by atomic mass is 9.96. The first-order valence-corrected chi connectivity index (χ1v) is 15.9. The predicted octanol–water partition coefficient (Wildman–Crippen LogP) is 11.5. The molecule has 7 aromatic carbocycles. The molecule has 0 fully saturated rings. The van der Waals surface area contributed by atoms with Gasteiger partial charge in [0, 0.05) is 38.2 Å². The van der Waals surface area contributed by atoms with E-state index in [2.05, 4.69) is 78.9 Å². The lowest BCUT2D eigenvalue weighted by molar-refractivity contribution is 0.669. The minimum absolute atomic E-state index is 0.592. The fourth-order valence-electron chi connectivity index (χ4n) is 6.86. The summed E-state index contributed by atoms with van der Waals surface area (Å²) in [4.78, 5) is 14.7. The van der Waals surface area contributed by atoms with Crippen molar-refractivity contribution in [2.45, 2.75) is 0 Å². The van der Waals surface area contributed by atoms with E-state index in [1.165, 1.54) is 10.8 Å². The third-order valence-electron chi connectivity index (χ3n) is 9.13. The molecule has 0 saturated heterocycles. The lowest BCUT2D eigenvalue weighted by Crippen LogP contribution is -2.00. The Balaban J connectivity index is 1.14. The first kappa shape index (κ1) is 26.6. The Morgan fingerprint density at radius 1 is 0.333 bits per heavy atom. The van der Waals surface area contributed by atoms with Crippen LogP contribution in [0, 0.1) is 0 Å². The average Bonchev–Trinajstić information content (AvgIpc) is 3.73. The van der Waals surface area contributed by atoms with Crippen LogP contribution in [0.15, 0.2) is 160 Å². The topological polar surface area (TPSA) is 65.0 Å². The van der Waals surface area contributed by atoms with Crippen molar-refractivity contribution >= 4 is 54.6 Å². The van der Waals surface area contributed by atoms with Gasteiger partial charge in [0.25, 0.3) is 0 Å². The number of nitrogens with zero attached hydrogens (tertiary/aromatic N) is 3. The van der Waals surface area contributed by atoms with E-state index in [0.717, 1.165) is 71.7 Å². The molecule has 0 spiro atoms. The van der Waals surface area contributed by atoms with Gasteiger partial charge in [0.05, 0.1) is 0 Å². The van der Waals surface area contributed by atoms with Gasteiger partial charge in [-0.3, -0.25) is 0 Å². The molecular weight excluding hydrogens is 590 g/mol. The van der Waals surface area contributed by atoms with Crippen LogP contribution in [0.5, 0.6) is 0 Å². The number of benzene rings is 7. The van der Waals surface area contributed by atoms with E-state index in [4.69, 9.17) is 23.8 Å². The highest BCUT2D eigenvalue weighted by atomic mass is 16.3. The van der Waals surface area contributed by atoms with Crippen LogP contribution in [0.1, 0.15) is 0 Å². The molecular formula is C43H25N3O2. The Morgan fingerprint density at radius 2 is 0.958 bits per heavy atom. The standard InChI is InChI=1S/C43H25N3O2/c1-3-11-27(12-4-1)41-44-42(28-13-5-2-6-14-28)46-43(45-41)30-18-21-33-38(25-30)48-36-17-9-16-32(39(33)36)29-20-22-35-34(24-29)40-31-15-8-7-10-26(31)19-23-37(40)47-35/h1-25H. The molecule has 0 atom stereocenters. The third kappa shape index (κ3) is 4.22. The van der Waals surface area contributed by atoms with Crippen molar-refractivity contribution in [1.29, 1.82) is 0 Å². The quantitative estimate of drug-likeness (QED) is 0.197. The summed E-state index contributed by atoms with van der Waals surface area (Å²) in [6.07, 6.45) is 0. The number of hydrogen-bond donors (Lipinski definition) is 0. The zero-order chi connectivity index (χ0) is 31.6. The minimum Gasteiger partial charge on any atom is -0.456 e. The van der Waals surface area contributed by atoms with Crippen molar-refractivity contribution in [1.82, 2.24) is 15.0 Å². The molecule has 5 nitrogen and oxygen atoms in total. The highest BCUT2D eigenvalue weighted by molar-refractivity contribution is 6.20. The largest absolute Gasteiger partial charge is 0.456 e. The van der Waals surface area contributed by atoms with Crippen molar-refractivity contribution in [2.24, 2.45) is 0 Å². The molecule has 224 valence electrons. The molecule has 0 amide bonds. The number of rotatable bonds is 4. The van der Waals surface area contributed by atoms with Crippen LogP contribution in [0.2, 0.25) is 0 Å². The van der Waals surface area contributed by atoms with Gasteiger partial charge in [-0.1, -0.05) is 115 Å². The molecule has 0 N–H and O–H groups in total. The maximum atomic E-state index is 6.52. The van der Waals surface area contributed by atoms with Crippen LogP contribution in [-0.2, 0) is 0 Å². The summed E-state index contributed by atoms with van der Waals surface area (Å²) in [6.45, 7) is 0. The molecule has 3 heterocycles. The molecule has 10 aromatic rings. The molecule has 0 unspecified atom stereocenters. The van der Waals surface area contributed by atoms with Gasteiger partial charge < -0.3 is 8.83 Å². The Kier molecular flexibility index (Phi) is 5.81. The Morgan fingerprint density at radius 3 is 1.73 bits per heavy atom. The SMILES string of the molecule is c1ccc(-c2nc(-c3ccccc3)nc(-c3ccc4c(c3)oc3cccc(-c5ccc6oc7ccc8ccccc8c7c6c5)c34)n2)cc1. The van der Waals surface area contributed by atoms with Crippen molar-refractivity contribution in [3.8, 4) is 45.3 Å². The normalized spacial score (nSPS) is 11.8. The maximum Gasteiger partial charge on any atom is 0.164 e. The number of fused-ring (bicyclic) bond motifs is 8. The summed E-state index contributed by atoms with van der Waals surface area (Å²) in [5.41, 5.74) is 8.31. The van der Waals surface area contributed by atoms with E-state index in [1.807, 2.05) is 72.8 Å². The second-order valence-corrected chi connectivity index (χ2v) is 12.0. The Labute approximate surface area is 274 Å². The summed E-state index contributed by atoms with van der Waals surface area (Å²) in [7, 11) is 0. The van der Waals surface area contributed by atoms with Gasteiger partial charge in [-0.25, -0.2) is 15.0 Å². The van der Waals surface area contributed by atoms with Crippen molar-refractivity contribution < 1.29 is 8.83 Å². The Hall–Kier alpha value is -6.59. The van der Waals surface area contributed by atoms with E-state index >= 15 is 0 Å². The zero-order valence-electron chi connectivity index (χ0n) is 25.6.